The smallest absolute Gasteiger partial charge is 0.257 e. The summed E-state index contributed by atoms with van der Waals surface area (Å²) >= 11 is 1.80. The molecule has 21 heavy (non-hydrogen) atoms. The molecule has 0 unspecified atom stereocenters. The van der Waals surface area contributed by atoms with E-state index in [2.05, 4.69) is 27.5 Å². The number of carbonyl (C=O) groups is 1. The Morgan fingerprint density at radius 2 is 2.24 bits per heavy atom. The molecule has 3 heterocycles. The van der Waals surface area contributed by atoms with Gasteiger partial charge in [0.05, 0.1) is 11.8 Å². The first-order valence-corrected chi connectivity index (χ1v) is 8.13. The van der Waals surface area contributed by atoms with Crippen molar-refractivity contribution in [3.05, 3.63) is 40.3 Å². The number of aromatic nitrogens is 2. The van der Waals surface area contributed by atoms with Gasteiger partial charge >= 0.3 is 0 Å². The van der Waals surface area contributed by atoms with Gasteiger partial charge in [-0.2, -0.15) is 5.10 Å². The van der Waals surface area contributed by atoms with Gasteiger partial charge in [0, 0.05) is 50.8 Å². The van der Waals surface area contributed by atoms with Gasteiger partial charge in [-0.1, -0.05) is 6.07 Å². The van der Waals surface area contributed by atoms with Crippen LogP contribution in [0.25, 0.3) is 0 Å². The molecule has 2 aromatic heterocycles. The fourth-order valence-electron chi connectivity index (χ4n) is 2.67. The monoisotopic (exact) mass is 304 g/mol. The van der Waals surface area contributed by atoms with E-state index in [1.165, 1.54) is 4.88 Å². The topological polar surface area (TPSA) is 41.4 Å². The van der Waals surface area contributed by atoms with Gasteiger partial charge in [-0.3, -0.25) is 14.4 Å². The zero-order valence-corrected chi connectivity index (χ0v) is 13.1. The van der Waals surface area contributed by atoms with Crippen molar-refractivity contribution < 1.29 is 4.79 Å². The van der Waals surface area contributed by atoms with E-state index in [1.54, 1.807) is 28.4 Å². The Hall–Kier alpha value is -1.66. The lowest BCUT2D eigenvalue weighted by Crippen LogP contribution is -2.34. The van der Waals surface area contributed by atoms with Crippen molar-refractivity contribution in [3.8, 4) is 0 Å². The largest absolute Gasteiger partial charge is 0.337 e. The molecule has 6 heteroatoms. The second-order valence-corrected chi connectivity index (χ2v) is 6.44. The van der Waals surface area contributed by atoms with E-state index in [4.69, 9.17) is 0 Å². The highest BCUT2D eigenvalue weighted by atomic mass is 32.1. The van der Waals surface area contributed by atoms with E-state index in [-0.39, 0.29) is 5.91 Å². The average Bonchev–Trinajstić information content (AvgIpc) is 3.07. The fourth-order valence-corrected chi connectivity index (χ4v) is 3.42. The Kier molecular flexibility index (Phi) is 4.36. The van der Waals surface area contributed by atoms with Crippen LogP contribution in [0, 0.1) is 0 Å². The van der Waals surface area contributed by atoms with Gasteiger partial charge in [-0.05, 0) is 17.9 Å². The maximum absolute atomic E-state index is 12.4. The summed E-state index contributed by atoms with van der Waals surface area (Å²) in [7, 11) is 1.84. The van der Waals surface area contributed by atoms with E-state index in [0.717, 1.165) is 39.1 Å². The summed E-state index contributed by atoms with van der Waals surface area (Å²) in [5.41, 5.74) is 0.684. The number of aryl methyl sites for hydroxylation is 1. The normalized spacial score (nSPS) is 16.9. The predicted molar refractivity (Wildman–Crippen MR) is 83.3 cm³/mol. The number of rotatable bonds is 3. The molecule has 1 saturated heterocycles. The van der Waals surface area contributed by atoms with Crippen molar-refractivity contribution in [2.75, 3.05) is 26.2 Å². The van der Waals surface area contributed by atoms with E-state index >= 15 is 0 Å². The van der Waals surface area contributed by atoms with Gasteiger partial charge < -0.3 is 4.90 Å². The molecule has 1 aliphatic heterocycles. The van der Waals surface area contributed by atoms with Crippen LogP contribution >= 0.6 is 11.3 Å². The SMILES string of the molecule is Cn1cc(C(=O)N2CCCN(Cc3cccs3)CC2)cn1. The molecule has 0 bridgehead atoms. The molecule has 0 aromatic carbocycles. The van der Waals surface area contributed by atoms with Gasteiger partial charge in [-0.15, -0.1) is 11.3 Å². The third-order valence-electron chi connectivity index (χ3n) is 3.79. The summed E-state index contributed by atoms with van der Waals surface area (Å²) in [6.07, 6.45) is 4.46. The van der Waals surface area contributed by atoms with Gasteiger partial charge in [0.1, 0.15) is 0 Å². The summed E-state index contributed by atoms with van der Waals surface area (Å²) in [5, 5.41) is 6.20. The standard InChI is InChI=1S/C15H20N4OS/c1-17-11-13(10-16-17)15(20)19-6-3-5-18(7-8-19)12-14-4-2-9-21-14/h2,4,9-11H,3,5-8,12H2,1H3. The van der Waals surface area contributed by atoms with Crippen LogP contribution in [0.15, 0.2) is 29.9 Å². The van der Waals surface area contributed by atoms with E-state index in [9.17, 15) is 4.79 Å². The Morgan fingerprint density at radius 1 is 1.33 bits per heavy atom. The number of thiophene rings is 1. The average molecular weight is 304 g/mol. The summed E-state index contributed by atoms with van der Waals surface area (Å²) in [4.78, 5) is 18.2. The lowest BCUT2D eigenvalue weighted by Gasteiger charge is -2.21. The molecule has 5 nitrogen and oxygen atoms in total. The highest BCUT2D eigenvalue weighted by Gasteiger charge is 2.21. The Balaban J connectivity index is 1.59. The van der Waals surface area contributed by atoms with E-state index in [1.807, 2.05) is 11.9 Å². The van der Waals surface area contributed by atoms with Crippen molar-refractivity contribution in [1.82, 2.24) is 19.6 Å². The number of hydrogen-bond donors (Lipinski definition) is 0. The molecule has 112 valence electrons. The van der Waals surface area contributed by atoms with Crippen molar-refractivity contribution in [1.29, 1.82) is 0 Å². The first-order chi connectivity index (χ1) is 10.2. The highest BCUT2D eigenvalue weighted by Crippen LogP contribution is 2.14. The van der Waals surface area contributed by atoms with E-state index < -0.39 is 0 Å². The molecule has 0 atom stereocenters. The highest BCUT2D eigenvalue weighted by molar-refractivity contribution is 7.09. The number of carbonyl (C=O) groups excluding carboxylic acids is 1. The molecule has 0 N–H and O–H groups in total. The van der Waals surface area contributed by atoms with Crippen LogP contribution in [0.2, 0.25) is 0 Å². The molecular formula is C15H20N4OS. The van der Waals surface area contributed by atoms with E-state index in [0.29, 0.717) is 5.56 Å². The summed E-state index contributed by atoms with van der Waals surface area (Å²) in [6.45, 7) is 4.60. The molecule has 1 fully saturated rings. The molecule has 2 aromatic rings. The van der Waals surface area contributed by atoms with Crippen LogP contribution < -0.4 is 0 Å². The van der Waals surface area contributed by atoms with Gasteiger partial charge in [0.25, 0.3) is 5.91 Å². The van der Waals surface area contributed by atoms with Gasteiger partial charge in [-0.25, -0.2) is 0 Å². The first-order valence-electron chi connectivity index (χ1n) is 7.25. The molecular weight excluding hydrogens is 284 g/mol. The molecule has 0 saturated carbocycles. The first kappa shape index (κ1) is 14.3. The summed E-state index contributed by atoms with van der Waals surface area (Å²) < 4.78 is 1.67. The van der Waals surface area contributed by atoms with Crippen LogP contribution in [-0.2, 0) is 13.6 Å². The lowest BCUT2D eigenvalue weighted by atomic mass is 10.3. The number of hydrogen-bond acceptors (Lipinski definition) is 4. The van der Waals surface area contributed by atoms with Crippen LogP contribution in [0.3, 0.4) is 0 Å². The quantitative estimate of drug-likeness (QED) is 0.869. The van der Waals surface area contributed by atoms with Crippen LogP contribution in [-0.4, -0.2) is 51.7 Å². The summed E-state index contributed by atoms with van der Waals surface area (Å²) in [5.74, 6) is 0.0982. The zero-order chi connectivity index (χ0) is 14.7. The molecule has 0 aliphatic carbocycles. The maximum atomic E-state index is 12.4. The van der Waals surface area contributed by atoms with Crippen molar-refractivity contribution in [2.45, 2.75) is 13.0 Å². The Morgan fingerprint density at radius 3 is 2.95 bits per heavy atom. The van der Waals surface area contributed by atoms with Crippen LogP contribution in [0.4, 0.5) is 0 Å². The predicted octanol–water partition coefficient (Wildman–Crippen LogP) is 1.83. The summed E-state index contributed by atoms with van der Waals surface area (Å²) in [6, 6.07) is 4.27. The molecule has 1 aliphatic rings. The zero-order valence-electron chi connectivity index (χ0n) is 12.2. The second kappa shape index (κ2) is 6.41. The van der Waals surface area contributed by atoms with Crippen LogP contribution in [0.1, 0.15) is 21.7 Å². The minimum atomic E-state index is 0.0982. The van der Waals surface area contributed by atoms with Crippen molar-refractivity contribution >= 4 is 17.2 Å². The molecule has 3 rings (SSSR count). The minimum absolute atomic E-state index is 0.0982. The minimum Gasteiger partial charge on any atom is -0.337 e. The number of nitrogens with zero attached hydrogens (tertiary/aromatic N) is 4. The van der Waals surface area contributed by atoms with Crippen molar-refractivity contribution in [3.63, 3.8) is 0 Å². The molecule has 1 amide bonds. The maximum Gasteiger partial charge on any atom is 0.257 e. The second-order valence-electron chi connectivity index (χ2n) is 5.40. The fraction of sp³-hybridized carbons (Fsp3) is 0.467. The molecule has 0 radical (unpaired) electrons. The van der Waals surface area contributed by atoms with Gasteiger partial charge in [0.2, 0.25) is 0 Å². The Labute approximate surface area is 128 Å². The molecule has 0 spiro atoms. The van der Waals surface area contributed by atoms with Crippen molar-refractivity contribution in [2.24, 2.45) is 7.05 Å². The van der Waals surface area contributed by atoms with Crippen LogP contribution in [0.5, 0.6) is 0 Å². The van der Waals surface area contributed by atoms with Gasteiger partial charge in [0.15, 0.2) is 0 Å². The third-order valence-corrected chi connectivity index (χ3v) is 4.65. The Bertz CT molecular complexity index is 593. The lowest BCUT2D eigenvalue weighted by molar-refractivity contribution is 0.0761. The third kappa shape index (κ3) is 3.51. The number of amides is 1.